The molecule has 1 amide bonds. The Labute approximate surface area is 118 Å². The van der Waals surface area contributed by atoms with Gasteiger partial charge in [0.1, 0.15) is 0 Å². The number of aromatic nitrogens is 2. The fourth-order valence-corrected chi connectivity index (χ4v) is 1.77. The molecule has 4 N–H and O–H groups in total. The van der Waals surface area contributed by atoms with Crippen molar-refractivity contribution in [2.24, 2.45) is 0 Å². The Hall–Kier alpha value is -1.64. The number of anilines is 1. The van der Waals surface area contributed by atoms with Crippen molar-refractivity contribution in [2.45, 2.75) is 12.6 Å². The third kappa shape index (κ3) is 6.50. The number of amides is 1. The number of nitrogens with zero attached hydrogens (tertiary/aromatic N) is 3. The van der Waals surface area contributed by atoms with E-state index in [0.717, 1.165) is 0 Å². The van der Waals surface area contributed by atoms with E-state index in [2.05, 4.69) is 10.4 Å². The monoisotopic (exact) mass is 285 g/mol. The van der Waals surface area contributed by atoms with E-state index >= 15 is 0 Å². The topological polar surface area (TPSA) is 106 Å². The summed E-state index contributed by atoms with van der Waals surface area (Å²) in [5.41, 5.74) is 6.10. The molecule has 0 aromatic carbocycles. The lowest BCUT2D eigenvalue weighted by Crippen LogP contribution is -2.40. The van der Waals surface area contributed by atoms with Crippen LogP contribution in [0, 0.1) is 0 Å². The molecular formula is C12H23N5O3. The SMILES string of the molecule is COCCNC(=O)CN(C)CC(O)Cn1cc(N)cn1. The molecule has 0 aliphatic carbocycles. The van der Waals surface area contributed by atoms with Gasteiger partial charge in [-0.1, -0.05) is 0 Å². The summed E-state index contributed by atoms with van der Waals surface area (Å²) in [7, 11) is 3.35. The van der Waals surface area contributed by atoms with Crippen LogP contribution in [0.3, 0.4) is 0 Å². The van der Waals surface area contributed by atoms with Crippen LogP contribution in [0.15, 0.2) is 12.4 Å². The van der Waals surface area contributed by atoms with Gasteiger partial charge in [0, 0.05) is 26.4 Å². The van der Waals surface area contributed by atoms with E-state index in [9.17, 15) is 9.90 Å². The largest absolute Gasteiger partial charge is 0.396 e. The van der Waals surface area contributed by atoms with Crippen molar-refractivity contribution >= 4 is 11.6 Å². The summed E-state index contributed by atoms with van der Waals surface area (Å²) < 4.78 is 6.42. The quantitative estimate of drug-likeness (QED) is 0.478. The zero-order chi connectivity index (χ0) is 15.0. The highest BCUT2D eigenvalue weighted by molar-refractivity contribution is 5.77. The Balaban J connectivity index is 2.23. The molecule has 0 aliphatic rings. The summed E-state index contributed by atoms with van der Waals surface area (Å²) in [6.45, 7) is 1.91. The fraction of sp³-hybridized carbons (Fsp3) is 0.667. The minimum absolute atomic E-state index is 0.0971. The number of rotatable bonds is 9. The van der Waals surface area contributed by atoms with Gasteiger partial charge < -0.3 is 20.9 Å². The summed E-state index contributed by atoms with van der Waals surface area (Å²) in [5.74, 6) is -0.0971. The van der Waals surface area contributed by atoms with Gasteiger partial charge in [-0.15, -0.1) is 0 Å². The van der Waals surface area contributed by atoms with E-state index in [1.165, 1.54) is 6.20 Å². The van der Waals surface area contributed by atoms with Crippen molar-refractivity contribution in [3.05, 3.63) is 12.4 Å². The van der Waals surface area contributed by atoms with Crippen LogP contribution in [0.2, 0.25) is 0 Å². The molecule has 0 spiro atoms. The van der Waals surface area contributed by atoms with Crippen LogP contribution >= 0.6 is 0 Å². The number of aliphatic hydroxyl groups is 1. The molecule has 0 saturated heterocycles. The number of hydrogen-bond acceptors (Lipinski definition) is 6. The Kier molecular flexibility index (Phi) is 6.99. The van der Waals surface area contributed by atoms with Gasteiger partial charge in [-0.2, -0.15) is 5.10 Å². The van der Waals surface area contributed by atoms with Crippen LogP contribution in [0.25, 0.3) is 0 Å². The molecule has 1 heterocycles. The number of hydrogen-bond donors (Lipinski definition) is 3. The highest BCUT2D eigenvalue weighted by atomic mass is 16.5. The maximum Gasteiger partial charge on any atom is 0.234 e. The van der Waals surface area contributed by atoms with Gasteiger partial charge in [-0.25, -0.2) is 0 Å². The van der Waals surface area contributed by atoms with E-state index in [-0.39, 0.29) is 12.5 Å². The molecule has 0 bridgehead atoms. The Morgan fingerprint density at radius 3 is 3.05 bits per heavy atom. The highest BCUT2D eigenvalue weighted by Crippen LogP contribution is 2.00. The number of methoxy groups -OCH3 is 1. The summed E-state index contributed by atoms with van der Waals surface area (Å²) in [4.78, 5) is 13.3. The van der Waals surface area contributed by atoms with Crippen LogP contribution < -0.4 is 11.1 Å². The first-order chi connectivity index (χ1) is 9.51. The smallest absolute Gasteiger partial charge is 0.234 e. The molecule has 0 saturated carbocycles. The van der Waals surface area contributed by atoms with Crippen LogP contribution in [0.1, 0.15) is 0 Å². The number of aliphatic hydroxyl groups excluding tert-OH is 1. The average Bonchev–Trinajstić information content (AvgIpc) is 2.74. The van der Waals surface area contributed by atoms with Crippen molar-refractivity contribution in [1.82, 2.24) is 20.0 Å². The lowest BCUT2D eigenvalue weighted by atomic mass is 10.3. The van der Waals surface area contributed by atoms with Gasteiger partial charge in [-0.05, 0) is 7.05 Å². The fourth-order valence-electron chi connectivity index (χ4n) is 1.77. The molecule has 8 heteroatoms. The molecule has 1 unspecified atom stereocenters. The zero-order valence-corrected chi connectivity index (χ0v) is 12.0. The maximum atomic E-state index is 11.5. The van der Waals surface area contributed by atoms with E-state index < -0.39 is 6.10 Å². The summed E-state index contributed by atoms with van der Waals surface area (Å²) in [5, 5.41) is 16.6. The lowest BCUT2D eigenvalue weighted by Gasteiger charge is -2.20. The van der Waals surface area contributed by atoms with Gasteiger partial charge in [0.05, 0.1) is 37.7 Å². The average molecular weight is 285 g/mol. The van der Waals surface area contributed by atoms with Crippen molar-refractivity contribution in [3.8, 4) is 0 Å². The number of carbonyl (C=O) groups excluding carboxylic acids is 1. The third-order valence-corrected chi connectivity index (χ3v) is 2.62. The van der Waals surface area contributed by atoms with Crippen molar-refractivity contribution in [1.29, 1.82) is 0 Å². The molecule has 20 heavy (non-hydrogen) atoms. The van der Waals surface area contributed by atoms with Gasteiger partial charge in [0.25, 0.3) is 0 Å². The highest BCUT2D eigenvalue weighted by Gasteiger charge is 2.12. The molecule has 0 aliphatic heterocycles. The third-order valence-electron chi connectivity index (χ3n) is 2.62. The molecule has 1 rings (SSSR count). The maximum absolute atomic E-state index is 11.5. The molecule has 1 aromatic rings. The van der Waals surface area contributed by atoms with Crippen LogP contribution in [0.4, 0.5) is 5.69 Å². The van der Waals surface area contributed by atoms with Gasteiger partial charge in [-0.3, -0.25) is 14.4 Å². The molecule has 1 aromatic heterocycles. The lowest BCUT2D eigenvalue weighted by molar-refractivity contribution is -0.122. The summed E-state index contributed by atoms with van der Waals surface area (Å²) in [6, 6.07) is 0. The standard InChI is InChI=1S/C12H23N5O3/c1-16(9-12(19)14-3-4-20-2)7-11(18)8-17-6-10(13)5-15-17/h5-6,11,18H,3-4,7-9,13H2,1-2H3,(H,14,19). The first-order valence-corrected chi connectivity index (χ1v) is 6.41. The number of carbonyl (C=O) groups is 1. The Morgan fingerprint density at radius 2 is 2.45 bits per heavy atom. The predicted molar refractivity (Wildman–Crippen MR) is 75.0 cm³/mol. The van der Waals surface area contributed by atoms with Crippen molar-refractivity contribution < 1.29 is 14.6 Å². The number of nitrogens with two attached hydrogens (primary N) is 1. The summed E-state index contributed by atoms with van der Waals surface area (Å²) >= 11 is 0. The molecule has 114 valence electrons. The van der Waals surface area contributed by atoms with Gasteiger partial charge in [0.15, 0.2) is 0 Å². The van der Waals surface area contributed by atoms with Crippen LogP contribution in [0.5, 0.6) is 0 Å². The first kappa shape index (κ1) is 16.4. The minimum atomic E-state index is -0.619. The minimum Gasteiger partial charge on any atom is -0.396 e. The van der Waals surface area contributed by atoms with Crippen molar-refractivity contribution in [3.63, 3.8) is 0 Å². The van der Waals surface area contributed by atoms with E-state index in [4.69, 9.17) is 10.5 Å². The molecular weight excluding hydrogens is 262 g/mol. The summed E-state index contributed by atoms with van der Waals surface area (Å²) in [6.07, 6.45) is 2.56. The van der Waals surface area contributed by atoms with Gasteiger partial charge >= 0.3 is 0 Å². The predicted octanol–water partition coefficient (Wildman–Crippen LogP) is -1.48. The number of nitrogens with one attached hydrogen (secondary N) is 1. The molecule has 0 fully saturated rings. The van der Waals surface area contributed by atoms with Gasteiger partial charge in [0.2, 0.25) is 5.91 Å². The van der Waals surface area contributed by atoms with E-state index in [1.807, 2.05) is 0 Å². The molecule has 0 radical (unpaired) electrons. The van der Waals surface area contributed by atoms with E-state index in [0.29, 0.717) is 31.9 Å². The number of likely N-dealkylation sites (N-methyl/N-ethyl adjacent to an activating group) is 1. The Bertz CT molecular complexity index is 410. The molecule has 8 nitrogen and oxygen atoms in total. The normalized spacial score (nSPS) is 12.6. The van der Waals surface area contributed by atoms with E-state index in [1.54, 1.807) is 29.9 Å². The first-order valence-electron chi connectivity index (χ1n) is 6.41. The second-order valence-electron chi connectivity index (χ2n) is 4.69. The zero-order valence-electron chi connectivity index (χ0n) is 12.0. The molecule has 1 atom stereocenters. The van der Waals surface area contributed by atoms with Crippen LogP contribution in [-0.2, 0) is 16.1 Å². The van der Waals surface area contributed by atoms with Crippen molar-refractivity contribution in [2.75, 3.05) is 46.1 Å². The van der Waals surface area contributed by atoms with Crippen LogP contribution in [-0.4, -0.2) is 72.2 Å². The Morgan fingerprint density at radius 1 is 1.70 bits per heavy atom. The second-order valence-corrected chi connectivity index (χ2v) is 4.69. The number of nitrogen functional groups attached to an aromatic ring is 1. The second kappa shape index (κ2) is 8.51. The number of ether oxygens (including phenoxy) is 1.